The highest BCUT2D eigenvalue weighted by Crippen LogP contribution is 2.47. The zero-order chi connectivity index (χ0) is 23.9. The van der Waals surface area contributed by atoms with Crippen molar-refractivity contribution in [3.8, 4) is 0 Å². The lowest BCUT2D eigenvalue weighted by Crippen LogP contribution is -2.39. The smallest absolute Gasteiger partial charge is 0.254 e. The first-order valence-electron chi connectivity index (χ1n) is 10.7. The molecule has 0 aromatic heterocycles. The number of thioether (sulfide) groups is 1. The Hall–Kier alpha value is -2.93. The van der Waals surface area contributed by atoms with Crippen LogP contribution in [0, 0.1) is 17.0 Å². The number of Topliss-reactive ketones (excluding diaryl/α,β-unsaturated/α-hetero) is 1. The SMILES string of the molecule is CSc1ccc(C2C(C(=O)Nc3ccc(F)cc3F)=C(C)NC3=C2C(=O)CC(C)(C)C3)cc1. The first-order valence-corrected chi connectivity index (χ1v) is 12.0. The third-order valence-corrected chi connectivity index (χ3v) is 6.86. The van der Waals surface area contributed by atoms with Crippen molar-refractivity contribution < 1.29 is 18.4 Å². The van der Waals surface area contributed by atoms with E-state index in [2.05, 4.69) is 24.5 Å². The van der Waals surface area contributed by atoms with Crippen LogP contribution in [-0.4, -0.2) is 17.9 Å². The van der Waals surface area contributed by atoms with E-state index in [-0.39, 0.29) is 16.9 Å². The number of allylic oxidation sites excluding steroid dienone is 3. The molecule has 2 aliphatic rings. The van der Waals surface area contributed by atoms with Gasteiger partial charge in [0.1, 0.15) is 11.6 Å². The zero-order valence-corrected chi connectivity index (χ0v) is 19.8. The molecule has 1 aliphatic heterocycles. The van der Waals surface area contributed by atoms with Crippen molar-refractivity contribution in [1.29, 1.82) is 0 Å². The summed E-state index contributed by atoms with van der Waals surface area (Å²) in [5.41, 5.74) is 2.89. The second-order valence-electron chi connectivity index (χ2n) is 9.28. The number of ketones is 1. The second-order valence-corrected chi connectivity index (χ2v) is 10.2. The van der Waals surface area contributed by atoms with Crippen molar-refractivity contribution in [3.63, 3.8) is 0 Å². The number of carbonyl (C=O) groups is 2. The average Bonchev–Trinajstić information content (AvgIpc) is 2.73. The number of halogens is 2. The maximum absolute atomic E-state index is 14.2. The summed E-state index contributed by atoms with van der Waals surface area (Å²) in [6.45, 7) is 5.89. The van der Waals surface area contributed by atoms with Crippen molar-refractivity contribution in [1.82, 2.24) is 5.32 Å². The van der Waals surface area contributed by atoms with Crippen LogP contribution in [0.15, 0.2) is 69.9 Å². The van der Waals surface area contributed by atoms with E-state index >= 15 is 0 Å². The molecule has 0 spiro atoms. The average molecular weight is 469 g/mol. The fourth-order valence-corrected chi connectivity index (χ4v) is 5.06. The lowest BCUT2D eigenvalue weighted by molar-refractivity contribution is -0.118. The molecule has 0 fully saturated rings. The number of benzene rings is 2. The molecular weight excluding hydrogens is 442 g/mol. The summed E-state index contributed by atoms with van der Waals surface area (Å²) >= 11 is 1.60. The number of carbonyl (C=O) groups excluding carboxylic acids is 2. The van der Waals surface area contributed by atoms with Crippen LogP contribution in [0.3, 0.4) is 0 Å². The largest absolute Gasteiger partial charge is 0.362 e. The highest BCUT2D eigenvalue weighted by atomic mass is 32.2. The van der Waals surface area contributed by atoms with Gasteiger partial charge in [0, 0.05) is 45.8 Å². The quantitative estimate of drug-likeness (QED) is 0.546. The predicted octanol–water partition coefficient (Wildman–Crippen LogP) is 5.93. The molecule has 1 atom stereocenters. The molecule has 1 amide bonds. The summed E-state index contributed by atoms with van der Waals surface area (Å²) < 4.78 is 27.6. The lowest BCUT2D eigenvalue weighted by Gasteiger charge is -2.39. The molecule has 172 valence electrons. The topological polar surface area (TPSA) is 58.2 Å². The molecule has 1 heterocycles. The molecule has 0 saturated carbocycles. The summed E-state index contributed by atoms with van der Waals surface area (Å²) in [6, 6.07) is 10.8. The van der Waals surface area contributed by atoms with Gasteiger partial charge in [0.15, 0.2) is 5.78 Å². The Labute approximate surface area is 196 Å². The number of hydrogen-bond acceptors (Lipinski definition) is 4. The number of rotatable bonds is 4. The third-order valence-electron chi connectivity index (χ3n) is 6.11. The van der Waals surface area contributed by atoms with Gasteiger partial charge in [-0.25, -0.2) is 8.78 Å². The predicted molar refractivity (Wildman–Crippen MR) is 127 cm³/mol. The number of amides is 1. The van der Waals surface area contributed by atoms with Gasteiger partial charge in [0.25, 0.3) is 5.91 Å². The van der Waals surface area contributed by atoms with Gasteiger partial charge in [-0.1, -0.05) is 26.0 Å². The number of anilines is 1. The highest BCUT2D eigenvalue weighted by molar-refractivity contribution is 7.98. The van der Waals surface area contributed by atoms with E-state index < -0.39 is 23.5 Å². The van der Waals surface area contributed by atoms with Gasteiger partial charge in [-0.2, -0.15) is 0 Å². The molecule has 0 bridgehead atoms. The monoisotopic (exact) mass is 468 g/mol. The second kappa shape index (κ2) is 8.78. The first kappa shape index (κ1) is 23.2. The molecule has 33 heavy (non-hydrogen) atoms. The summed E-state index contributed by atoms with van der Waals surface area (Å²) in [5.74, 6) is -2.70. The molecule has 2 aromatic rings. The van der Waals surface area contributed by atoms with Crippen molar-refractivity contribution in [2.24, 2.45) is 5.41 Å². The van der Waals surface area contributed by atoms with E-state index in [0.717, 1.165) is 28.3 Å². The first-order chi connectivity index (χ1) is 15.6. The summed E-state index contributed by atoms with van der Waals surface area (Å²) in [4.78, 5) is 27.8. The van der Waals surface area contributed by atoms with Crippen LogP contribution >= 0.6 is 11.8 Å². The Balaban J connectivity index is 1.80. The van der Waals surface area contributed by atoms with Gasteiger partial charge in [-0.3, -0.25) is 9.59 Å². The number of hydrogen-bond donors (Lipinski definition) is 2. The van der Waals surface area contributed by atoms with E-state index in [0.29, 0.717) is 29.7 Å². The maximum Gasteiger partial charge on any atom is 0.254 e. The van der Waals surface area contributed by atoms with Crippen LogP contribution in [0.4, 0.5) is 14.5 Å². The number of nitrogens with one attached hydrogen (secondary N) is 2. The minimum Gasteiger partial charge on any atom is -0.362 e. The Kier molecular flexibility index (Phi) is 6.18. The van der Waals surface area contributed by atoms with Gasteiger partial charge < -0.3 is 10.6 Å². The van der Waals surface area contributed by atoms with Crippen molar-refractivity contribution in [3.05, 3.63) is 82.2 Å². The minimum atomic E-state index is -0.860. The molecule has 2 N–H and O–H groups in total. The number of dihydropyridines is 1. The van der Waals surface area contributed by atoms with Gasteiger partial charge in [0.2, 0.25) is 0 Å². The molecule has 1 unspecified atom stereocenters. The molecule has 2 aromatic carbocycles. The molecular formula is C26H26F2N2O2S. The van der Waals surface area contributed by atoms with Crippen molar-refractivity contribution >= 4 is 29.1 Å². The molecule has 4 rings (SSSR count). The minimum absolute atomic E-state index is 0.00143. The normalized spacial score (nSPS) is 19.8. The zero-order valence-electron chi connectivity index (χ0n) is 19.0. The van der Waals surface area contributed by atoms with Gasteiger partial charge in [-0.05, 0) is 54.8 Å². The van der Waals surface area contributed by atoms with E-state index in [1.165, 1.54) is 6.07 Å². The van der Waals surface area contributed by atoms with Gasteiger partial charge in [-0.15, -0.1) is 11.8 Å². The van der Waals surface area contributed by atoms with E-state index in [4.69, 9.17) is 0 Å². The lowest BCUT2D eigenvalue weighted by atomic mass is 9.68. The van der Waals surface area contributed by atoms with E-state index in [9.17, 15) is 18.4 Å². The molecule has 4 nitrogen and oxygen atoms in total. The fraction of sp³-hybridized carbons (Fsp3) is 0.308. The Bertz CT molecular complexity index is 1200. The summed E-state index contributed by atoms with van der Waals surface area (Å²) in [7, 11) is 0. The fourth-order valence-electron chi connectivity index (χ4n) is 4.65. The Morgan fingerprint density at radius 2 is 1.82 bits per heavy atom. The molecule has 1 aliphatic carbocycles. The van der Waals surface area contributed by atoms with Crippen LogP contribution in [-0.2, 0) is 9.59 Å². The Morgan fingerprint density at radius 3 is 2.45 bits per heavy atom. The van der Waals surface area contributed by atoms with Crippen LogP contribution in [0.1, 0.15) is 45.1 Å². The molecule has 0 saturated heterocycles. The van der Waals surface area contributed by atoms with Crippen LogP contribution < -0.4 is 10.6 Å². The summed E-state index contributed by atoms with van der Waals surface area (Å²) in [5, 5.41) is 5.86. The van der Waals surface area contributed by atoms with Crippen LogP contribution in [0.2, 0.25) is 0 Å². The van der Waals surface area contributed by atoms with Gasteiger partial charge >= 0.3 is 0 Å². The van der Waals surface area contributed by atoms with Gasteiger partial charge in [0.05, 0.1) is 5.69 Å². The third kappa shape index (κ3) is 4.60. The van der Waals surface area contributed by atoms with Crippen LogP contribution in [0.5, 0.6) is 0 Å². The van der Waals surface area contributed by atoms with Crippen molar-refractivity contribution in [2.75, 3.05) is 11.6 Å². The highest BCUT2D eigenvalue weighted by Gasteiger charge is 2.42. The molecule has 7 heteroatoms. The van der Waals surface area contributed by atoms with Crippen molar-refractivity contribution in [2.45, 2.75) is 44.4 Å². The van der Waals surface area contributed by atoms with Crippen LogP contribution in [0.25, 0.3) is 0 Å². The van der Waals surface area contributed by atoms with E-state index in [1.807, 2.05) is 30.5 Å². The molecule has 0 radical (unpaired) electrons. The Morgan fingerprint density at radius 1 is 1.12 bits per heavy atom. The summed E-state index contributed by atoms with van der Waals surface area (Å²) in [6.07, 6.45) is 3.05. The standard InChI is InChI=1S/C26H26F2N2O2S/c1-14-22(25(32)30-19-10-7-16(27)11-18(19)28)23(15-5-8-17(33-4)9-6-15)24-20(29-14)12-26(2,3)13-21(24)31/h5-11,23,29H,12-13H2,1-4H3,(H,30,32). The van der Waals surface area contributed by atoms with E-state index in [1.54, 1.807) is 18.7 Å². The maximum atomic E-state index is 14.2.